The van der Waals surface area contributed by atoms with Gasteiger partial charge in [0.1, 0.15) is 11.1 Å². The summed E-state index contributed by atoms with van der Waals surface area (Å²) >= 11 is 3.48. The molecule has 4 rings (SSSR count). The molecule has 1 aliphatic rings. The number of carbonyl (C=O) groups is 1. The van der Waals surface area contributed by atoms with Gasteiger partial charge in [0, 0.05) is 23.0 Å². The summed E-state index contributed by atoms with van der Waals surface area (Å²) in [6.45, 7) is 3.34. The summed E-state index contributed by atoms with van der Waals surface area (Å²) in [7, 11) is 0. The lowest BCUT2D eigenvalue weighted by Gasteiger charge is -2.11. The Morgan fingerprint density at radius 2 is 2.14 bits per heavy atom. The Balaban J connectivity index is 1.75. The van der Waals surface area contributed by atoms with Crippen LogP contribution in [0.3, 0.4) is 0 Å². The second kappa shape index (κ2) is 8.93. The second-order valence-electron chi connectivity index (χ2n) is 7.13. The van der Waals surface area contributed by atoms with Crippen molar-refractivity contribution in [3.8, 4) is 0 Å². The molecule has 1 aliphatic heterocycles. The minimum absolute atomic E-state index is 0.0760. The molecule has 0 spiro atoms. The molecule has 0 aliphatic carbocycles. The van der Waals surface area contributed by atoms with E-state index in [4.69, 9.17) is 9.15 Å². The normalized spacial score (nSPS) is 17.0. The van der Waals surface area contributed by atoms with Crippen LogP contribution in [-0.2, 0) is 11.2 Å². The van der Waals surface area contributed by atoms with Crippen molar-refractivity contribution >= 4 is 38.5 Å². The van der Waals surface area contributed by atoms with Crippen molar-refractivity contribution in [2.24, 2.45) is 4.99 Å². The molecule has 1 fully saturated rings. The lowest BCUT2D eigenvalue weighted by Crippen LogP contribution is -2.34. The first kappa shape index (κ1) is 19.9. The highest BCUT2D eigenvalue weighted by molar-refractivity contribution is 9.10. The Bertz CT molecular complexity index is 1100. The molecule has 0 bridgehead atoms. The third kappa shape index (κ3) is 4.77. The van der Waals surface area contributed by atoms with Gasteiger partial charge < -0.3 is 14.5 Å². The predicted molar refractivity (Wildman–Crippen MR) is 116 cm³/mol. The second-order valence-corrected chi connectivity index (χ2v) is 8.04. The lowest BCUT2D eigenvalue weighted by molar-refractivity contribution is 0.0854. The third-order valence-corrected chi connectivity index (χ3v) is 5.51. The first-order valence-electron chi connectivity index (χ1n) is 9.89. The van der Waals surface area contributed by atoms with Crippen LogP contribution in [0, 0.1) is 0 Å². The average Bonchev–Trinajstić information content (AvgIpc) is 3.25. The largest absolute Gasteiger partial charge is 0.438 e. The van der Waals surface area contributed by atoms with Gasteiger partial charge in [-0.15, -0.1) is 0 Å². The van der Waals surface area contributed by atoms with Gasteiger partial charge in [-0.2, -0.15) is 0 Å². The van der Waals surface area contributed by atoms with Crippen molar-refractivity contribution in [1.82, 2.24) is 5.32 Å². The molecule has 1 aromatic heterocycles. The van der Waals surface area contributed by atoms with Crippen LogP contribution < -0.4 is 10.9 Å². The summed E-state index contributed by atoms with van der Waals surface area (Å²) in [6.07, 6.45) is 3.00. The number of nitrogens with one attached hydrogen (secondary N) is 1. The zero-order valence-corrected chi connectivity index (χ0v) is 17.9. The topological polar surface area (TPSA) is 63.8 Å². The van der Waals surface area contributed by atoms with Gasteiger partial charge in [-0.25, -0.2) is 4.99 Å². The highest BCUT2D eigenvalue weighted by atomic mass is 79.9. The molecule has 150 valence electrons. The molecule has 1 amide bonds. The molecule has 1 atom stereocenters. The van der Waals surface area contributed by atoms with Crippen molar-refractivity contribution in [2.75, 3.05) is 13.2 Å². The summed E-state index contributed by atoms with van der Waals surface area (Å²) in [5, 5.41) is 3.81. The van der Waals surface area contributed by atoms with Crippen LogP contribution in [0.5, 0.6) is 0 Å². The molecular weight excluding hydrogens is 432 g/mol. The SMILES string of the molecule is CCc1cccc(N=c2oc3ccc(Br)cc3cc2C(=O)NCC2CCCO2)c1. The number of hydrogen-bond donors (Lipinski definition) is 1. The maximum Gasteiger partial charge on any atom is 0.256 e. The molecular formula is C23H23BrN2O3. The van der Waals surface area contributed by atoms with Crippen molar-refractivity contribution < 1.29 is 13.9 Å². The van der Waals surface area contributed by atoms with Gasteiger partial charge >= 0.3 is 0 Å². The van der Waals surface area contributed by atoms with Gasteiger partial charge in [0.15, 0.2) is 0 Å². The smallest absolute Gasteiger partial charge is 0.256 e. The Kier molecular flexibility index (Phi) is 6.11. The highest BCUT2D eigenvalue weighted by Crippen LogP contribution is 2.21. The van der Waals surface area contributed by atoms with E-state index in [1.54, 1.807) is 0 Å². The first-order valence-corrected chi connectivity index (χ1v) is 10.7. The number of hydrogen-bond acceptors (Lipinski definition) is 4. The molecule has 2 aromatic carbocycles. The summed E-state index contributed by atoms with van der Waals surface area (Å²) < 4.78 is 12.6. The summed E-state index contributed by atoms with van der Waals surface area (Å²) in [5.74, 6) is -0.212. The number of nitrogens with zero attached hydrogens (tertiary/aromatic N) is 1. The van der Waals surface area contributed by atoms with E-state index in [0.717, 1.165) is 41.4 Å². The van der Waals surface area contributed by atoms with Gasteiger partial charge in [0.25, 0.3) is 5.91 Å². The number of fused-ring (bicyclic) bond motifs is 1. The maximum atomic E-state index is 13.0. The van der Waals surface area contributed by atoms with E-state index in [1.807, 2.05) is 42.5 Å². The van der Waals surface area contributed by atoms with E-state index < -0.39 is 0 Å². The van der Waals surface area contributed by atoms with Crippen LogP contribution in [-0.4, -0.2) is 25.2 Å². The van der Waals surface area contributed by atoms with Crippen LogP contribution in [0.1, 0.15) is 35.7 Å². The minimum atomic E-state index is -0.212. The molecule has 0 saturated carbocycles. The van der Waals surface area contributed by atoms with E-state index in [-0.39, 0.29) is 12.0 Å². The number of carbonyl (C=O) groups excluding carboxylic acids is 1. The zero-order valence-electron chi connectivity index (χ0n) is 16.3. The fourth-order valence-electron chi connectivity index (χ4n) is 3.42. The van der Waals surface area contributed by atoms with Gasteiger partial charge in [0.05, 0.1) is 11.8 Å². The monoisotopic (exact) mass is 454 g/mol. The van der Waals surface area contributed by atoms with Crippen molar-refractivity contribution in [3.63, 3.8) is 0 Å². The Morgan fingerprint density at radius 1 is 1.24 bits per heavy atom. The number of rotatable bonds is 5. The molecule has 29 heavy (non-hydrogen) atoms. The molecule has 6 heteroatoms. The predicted octanol–water partition coefficient (Wildman–Crippen LogP) is 4.90. The molecule has 5 nitrogen and oxygen atoms in total. The van der Waals surface area contributed by atoms with Gasteiger partial charge in [0.2, 0.25) is 5.55 Å². The van der Waals surface area contributed by atoms with Crippen LogP contribution >= 0.6 is 15.9 Å². The fraction of sp³-hybridized carbons (Fsp3) is 0.304. The van der Waals surface area contributed by atoms with Crippen LogP contribution in [0.2, 0.25) is 0 Å². The lowest BCUT2D eigenvalue weighted by atomic mass is 10.1. The molecule has 3 aromatic rings. The van der Waals surface area contributed by atoms with E-state index in [9.17, 15) is 4.79 Å². The average molecular weight is 455 g/mol. The minimum Gasteiger partial charge on any atom is -0.438 e. The summed E-state index contributed by atoms with van der Waals surface area (Å²) in [4.78, 5) is 17.6. The Morgan fingerprint density at radius 3 is 2.93 bits per heavy atom. The maximum absolute atomic E-state index is 13.0. The number of halogens is 1. The van der Waals surface area contributed by atoms with Crippen LogP contribution in [0.15, 0.2) is 62.4 Å². The van der Waals surface area contributed by atoms with Crippen LogP contribution in [0.4, 0.5) is 5.69 Å². The highest BCUT2D eigenvalue weighted by Gasteiger charge is 2.18. The molecule has 1 unspecified atom stereocenters. The Hall–Kier alpha value is -2.44. The fourth-order valence-corrected chi connectivity index (χ4v) is 3.80. The summed E-state index contributed by atoms with van der Waals surface area (Å²) in [5.41, 5.74) is 3.33. The molecule has 1 N–H and O–H groups in total. The molecule has 0 radical (unpaired) electrons. The van der Waals surface area contributed by atoms with E-state index in [1.165, 1.54) is 5.56 Å². The third-order valence-electron chi connectivity index (χ3n) is 5.02. The van der Waals surface area contributed by atoms with Gasteiger partial charge in [-0.3, -0.25) is 4.79 Å². The Labute approximate surface area is 177 Å². The van der Waals surface area contributed by atoms with E-state index in [2.05, 4.69) is 39.2 Å². The number of ether oxygens (including phenoxy) is 1. The van der Waals surface area contributed by atoms with Crippen molar-refractivity contribution in [3.05, 3.63) is 69.7 Å². The number of amides is 1. The van der Waals surface area contributed by atoms with Gasteiger partial charge in [-0.1, -0.05) is 35.0 Å². The van der Waals surface area contributed by atoms with Crippen molar-refractivity contribution in [2.45, 2.75) is 32.3 Å². The van der Waals surface area contributed by atoms with Gasteiger partial charge in [-0.05, 0) is 61.2 Å². The van der Waals surface area contributed by atoms with E-state index in [0.29, 0.717) is 23.2 Å². The first-order chi connectivity index (χ1) is 14.1. The zero-order chi connectivity index (χ0) is 20.2. The molecule has 1 saturated heterocycles. The number of aryl methyl sites for hydroxylation is 1. The number of benzene rings is 2. The van der Waals surface area contributed by atoms with Crippen LogP contribution in [0.25, 0.3) is 11.0 Å². The van der Waals surface area contributed by atoms with Crippen molar-refractivity contribution in [1.29, 1.82) is 0 Å². The summed E-state index contributed by atoms with van der Waals surface area (Å²) in [6, 6.07) is 15.5. The molecule has 2 heterocycles. The quantitative estimate of drug-likeness (QED) is 0.596. The standard InChI is InChI=1S/C23H23BrN2O3/c1-2-15-5-3-6-18(11-15)26-23-20(22(27)25-14-19-7-4-10-28-19)13-16-12-17(24)8-9-21(16)29-23/h3,5-6,8-9,11-13,19H,2,4,7,10,14H2,1H3,(H,25,27). The van der Waals surface area contributed by atoms with E-state index >= 15 is 0 Å².